The Balaban J connectivity index is 2.06. The van der Waals surface area contributed by atoms with Gasteiger partial charge in [-0.2, -0.15) is 0 Å². The van der Waals surface area contributed by atoms with Crippen LogP contribution in [0.3, 0.4) is 0 Å². The van der Waals surface area contributed by atoms with Gasteiger partial charge in [-0.1, -0.05) is 6.92 Å². The first-order valence-corrected chi connectivity index (χ1v) is 6.91. The van der Waals surface area contributed by atoms with Gasteiger partial charge in [0.25, 0.3) is 0 Å². The highest BCUT2D eigenvalue weighted by Gasteiger charge is 2.26. The molecule has 2 rings (SSSR count). The van der Waals surface area contributed by atoms with Crippen LogP contribution >= 0.6 is 0 Å². The summed E-state index contributed by atoms with van der Waals surface area (Å²) in [5.74, 6) is 1.35. The fourth-order valence-corrected chi connectivity index (χ4v) is 2.49. The molecule has 0 aliphatic heterocycles. The number of rotatable bonds is 3. The zero-order valence-corrected chi connectivity index (χ0v) is 11.9. The minimum Gasteiger partial charge on any atom is -0.498 e. The molecule has 4 heteroatoms. The van der Waals surface area contributed by atoms with E-state index in [9.17, 15) is 4.79 Å². The van der Waals surface area contributed by atoms with Crippen LogP contribution < -0.4 is 9.47 Å². The molecule has 106 valence electrons. The van der Waals surface area contributed by atoms with Crippen molar-refractivity contribution < 1.29 is 14.3 Å². The molecule has 0 spiro atoms. The van der Waals surface area contributed by atoms with Crippen LogP contribution in [0.1, 0.15) is 32.6 Å². The minimum atomic E-state index is -0.216. The third kappa shape index (κ3) is 3.30. The number of carbonyl (C=O) groups is 1. The van der Waals surface area contributed by atoms with Crippen LogP contribution in [0.4, 0.5) is 5.69 Å². The van der Waals surface area contributed by atoms with Crippen molar-refractivity contribution in [1.82, 2.24) is 0 Å². The number of benzene rings is 1. The lowest BCUT2D eigenvalue weighted by Crippen LogP contribution is -2.24. The number of nitrogens with zero attached hydrogens (tertiary/aromatic N) is 1. The molecule has 0 unspecified atom stereocenters. The van der Waals surface area contributed by atoms with E-state index >= 15 is 0 Å². The third-order valence-electron chi connectivity index (χ3n) is 3.85. The van der Waals surface area contributed by atoms with Crippen LogP contribution in [0.25, 0.3) is 4.85 Å². The van der Waals surface area contributed by atoms with Gasteiger partial charge in [-0.15, -0.1) is 0 Å². The van der Waals surface area contributed by atoms with E-state index in [4.69, 9.17) is 16.0 Å². The number of hydrogen-bond donors (Lipinski definition) is 0. The molecule has 0 amide bonds. The molecule has 1 aliphatic carbocycles. The zero-order chi connectivity index (χ0) is 14.5. The average Bonchev–Trinajstić information content (AvgIpc) is 2.48. The van der Waals surface area contributed by atoms with E-state index in [2.05, 4.69) is 11.8 Å². The third-order valence-corrected chi connectivity index (χ3v) is 3.85. The zero-order valence-electron chi connectivity index (χ0n) is 11.9. The van der Waals surface area contributed by atoms with Crippen LogP contribution in [0.15, 0.2) is 18.2 Å². The minimum absolute atomic E-state index is 0.0353. The SMILES string of the molecule is [C-]#[N+]c1cc(OC)ccc1OC(=O)C1CCC(C)CC1. The Bertz CT molecular complexity index is 525. The monoisotopic (exact) mass is 273 g/mol. The van der Waals surface area contributed by atoms with E-state index in [0.717, 1.165) is 25.7 Å². The van der Waals surface area contributed by atoms with Crippen LogP contribution in [0.2, 0.25) is 0 Å². The van der Waals surface area contributed by atoms with Crippen molar-refractivity contribution in [3.8, 4) is 11.5 Å². The second-order valence-electron chi connectivity index (χ2n) is 5.32. The van der Waals surface area contributed by atoms with Gasteiger partial charge in [0, 0.05) is 0 Å². The number of esters is 1. The van der Waals surface area contributed by atoms with E-state index < -0.39 is 0 Å². The van der Waals surface area contributed by atoms with Gasteiger partial charge < -0.3 is 9.47 Å². The van der Waals surface area contributed by atoms with E-state index in [1.165, 1.54) is 7.11 Å². The van der Waals surface area contributed by atoms with Crippen molar-refractivity contribution in [2.45, 2.75) is 32.6 Å². The molecule has 0 N–H and O–H groups in total. The molecule has 0 atom stereocenters. The van der Waals surface area contributed by atoms with E-state index in [-0.39, 0.29) is 11.9 Å². The molecule has 0 radical (unpaired) electrons. The van der Waals surface area contributed by atoms with Crippen LogP contribution in [0, 0.1) is 18.4 Å². The molecule has 4 nitrogen and oxygen atoms in total. The summed E-state index contributed by atoms with van der Waals surface area (Å²) >= 11 is 0. The molecule has 0 saturated heterocycles. The lowest BCUT2D eigenvalue weighted by molar-refractivity contribution is -0.140. The fourth-order valence-electron chi connectivity index (χ4n) is 2.49. The highest BCUT2D eigenvalue weighted by atomic mass is 16.5. The summed E-state index contributed by atoms with van der Waals surface area (Å²) in [4.78, 5) is 15.5. The molecule has 20 heavy (non-hydrogen) atoms. The van der Waals surface area contributed by atoms with Crippen molar-refractivity contribution >= 4 is 11.7 Å². The van der Waals surface area contributed by atoms with Gasteiger partial charge in [-0.3, -0.25) is 4.79 Å². The Morgan fingerprint density at radius 1 is 1.30 bits per heavy atom. The quantitative estimate of drug-likeness (QED) is 0.475. The highest BCUT2D eigenvalue weighted by molar-refractivity contribution is 5.77. The lowest BCUT2D eigenvalue weighted by atomic mass is 9.83. The summed E-state index contributed by atoms with van der Waals surface area (Å²) < 4.78 is 10.5. The van der Waals surface area contributed by atoms with Gasteiger partial charge in [-0.25, -0.2) is 4.85 Å². The Kier molecular flexibility index (Phi) is 4.62. The van der Waals surface area contributed by atoms with Crippen LogP contribution in [-0.4, -0.2) is 13.1 Å². The van der Waals surface area contributed by atoms with Crippen molar-refractivity contribution in [2.75, 3.05) is 7.11 Å². The van der Waals surface area contributed by atoms with Gasteiger partial charge in [0.15, 0.2) is 0 Å². The van der Waals surface area contributed by atoms with Crippen LogP contribution in [-0.2, 0) is 4.79 Å². The lowest BCUT2D eigenvalue weighted by Gasteiger charge is -2.24. The summed E-state index contributed by atoms with van der Waals surface area (Å²) in [5.41, 5.74) is 0.307. The first kappa shape index (κ1) is 14.4. The van der Waals surface area contributed by atoms with Gasteiger partial charge in [0.1, 0.15) is 11.5 Å². The average molecular weight is 273 g/mol. The van der Waals surface area contributed by atoms with Crippen molar-refractivity contribution in [3.63, 3.8) is 0 Å². The highest BCUT2D eigenvalue weighted by Crippen LogP contribution is 2.34. The number of ether oxygens (including phenoxy) is 2. The first-order chi connectivity index (χ1) is 9.63. The second-order valence-corrected chi connectivity index (χ2v) is 5.32. The van der Waals surface area contributed by atoms with E-state index in [0.29, 0.717) is 23.1 Å². The molecule has 0 bridgehead atoms. The Hall–Kier alpha value is -2.02. The number of methoxy groups -OCH3 is 1. The molecule has 1 aromatic rings. The Morgan fingerprint density at radius 3 is 2.60 bits per heavy atom. The summed E-state index contributed by atoms with van der Waals surface area (Å²) in [7, 11) is 1.54. The summed E-state index contributed by atoms with van der Waals surface area (Å²) in [5, 5.41) is 0. The second kappa shape index (κ2) is 6.42. The maximum Gasteiger partial charge on any atom is 0.313 e. The van der Waals surface area contributed by atoms with Gasteiger partial charge in [0.05, 0.1) is 19.6 Å². The Labute approximate surface area is 119 Å². The number of carbonyl (C=O) groups excluding carboxylic acids is 1. The summed E-state index contributed by atoms with van der Waals surface area (Å²) in [6.07, 6.45) is 3.89. The predicted octanol–water partition coefficient (Wildman–Crippen LogP) is 3.98. The first-order valence-electron chi connectivity index (χ1n) is 6.91. The summed E-state index contributed by atoms with van der Waals surface area (Å²) in [6.45, 7) is 9.36. The number of hydrogen-bond acceptors (Lipinski definition) is 3. The molecule has 1 fully saturated rings. The fraction of sp³-hybridized carbons (Fsp3) is 0.500. The molecule has 1 aromatic carbocycles. The van der Waals surface area contributed by atoms with Crippen molar-refractivity contribution in [2.24, 2.45) is 11.8 Å². The molecule has 0 heterocycles. The van der Waals surface area contributed by atoms with Gasteiger partial charge in [0.2, 0.25) is 5.69 Å². The van der Waals surface area contributed by atoms with Crippen LogP contribution in [0.5, 0.6) is 11.5 Å². The molecular formula is C16H19NO3. The molecule has 1 saturated carbocycles. The smallest absolute Gasteiger partial charge is 0.313 e. The Morgan fingerprint density at radius 2 is 2.00 bits per heavy atom. The van der Waals surface area contributed by atoms with Crippen molar-refractivity contribution in [3.05, 3.63) is 29.6 Å². The molecular weight excluding hydrogens is 254 g/mol. The topological polar surface area (TPSA) is 39.9 Å². The standard InChI is InChI=1S/C16H19NO3/c1-11-4-6-12(7-5-11)16(18)20-15-9-8-13(19-3)10-14(15)17-2/h8-12H,4-7H2,1,3H3. The normalized spacial score (nSPS) is 21.9. The maximum atomic E-state index is 12.1. The largest absolute Gasteiger partial charge is 0.498 e. The van der Waals surface area contributed by atoms with Gasteiger partial charge >= 0.3 is 5.97 Å². The molecule has 0 aromatic heterocycles. The predicted molar refractivity (Wildman–Crippen MR) is 76.0 cm³/mol. The summed E-state index contributed by atoms with van der Waals surface area (Å²) in [6, 6.07) is 4.90. The maximum absolute atomic E-state index is 12.1. The van der Waals surface area contributed by atoms with Gasteiger partial charge in [-0.05, 0) is 49.8 Å². The van der Waals surface area contributed by atoms with Crippen molar-refractivity contribution in [1.29, 1.82) is 0 Å². The molecule has 1 aliphatic rings. The van der Waals surface area contributed by atoms with E-state index in [1.54, 1.807) is 18.2 Å². The van der Waals surface area contributed by atoms with E-state index in [1.807, 2.05) is 0 Å².